The van der Waals surface area contributed by atoms with Crippen molar-refractivity contribution in [3.05, 3.63) is 52.1 Å². The highest BCUT2D eigenvalue weighted by molar-refractivity contribution is 5.95. The molecule has 7 nitrogen and oxygen atoms in total. The molecular formula is C14H15N3O4. The van der Waals surface area contributed by atoms with E-state index in [4.69, 9.17) is 0 Å². The van der Waals surface area contributed by atoms with Gasteiger partial charge < -0.3 is 0 Å². The molecule has 0 fully saturated rings. The minimum atomic E-state index is -0.543. The molecule has 0 saturated carbocycles. The molecular weight excluding hydrogens is 274 g/mol. The smallest absolute Gasteiger partial charge is 0.269 e. The van der Waals surface area contributed by atoms with Crippen LogP contribution in [0.2, 0.25) is 0 Å². The van der Waals surface area contributed by atoms with Crippen LogP contribution in [0.5, 0.6) is 0 Å². The normalized spacial score (nSPS) is 16.5. The zero-order valence-corrected chi connectivity index (χ0v) is 11.2. The number of hydrazine groups is 1. The van der Waals surface area contributed by atoms with Gasteiger partial charge in [0.1, 0.15) is 0 Å². The summed E-state index contributed by atoms with van der Waals surface area (Å²) in [6, 6.07) is 5.14. The Hall–Kier alpha value is -2.70. The summed E-state index contributed by atoms with van der Waals surface area (Å²) in [5.74, 6) is -0.552. The van der Waals surface area contributed by atoms with E-state index in [2.05, 4.69) is 10.9 Å². The van der Waals surface area contributed by atoms with Crippen LogP contribution in [0.25, 0.3) is 0 Å². The van der Waals surface area contributed by atoms with Crippen LogP contribution in [0.3, 0.4) is 0 Å². The molecule has 0 bridgehead atoms. The number of nitrogens with one attached hydrogen (secondary N) is 2. The largest absolute Gasteiger partial charge is 0.273 e. The maximum absolute atomic E-state index is 11.8. The molecule has 0 aromatic heterocycles. The van der Waals surface area contributed by atoms with Gasteiger partial charge in [0.05, 0.1) is 4.92 Å². The molecule has 2 amide bonds. The van der Waals surface area contributed by atoms with Gasteiger partial charge in [0.15, 0.2) is 0 Å². The number of carbonyl (C=O) groups is 2. The van der Waals surface area contributed by atoms with Gasteiger partial charge in [-0.05, 0) is 30.9 Å². The molecule has 1 aliphatic carbocycles. The molecule has 7 heteroatoms. The van der Waals surface area contributed by atoms with Crippen LogP contribution >= 0.6 is 0 Å². The van der Waals surface area contributed by atoms with E-state index in [1.807, 2.05) is 12.2 Å². The van der Waals surface area contributed by atoms with E-state index < -0.39 is 10.8 Å². The van der Waals surface area contributed by atoms with Crippen molar-refractivity contribution in [2.75, 3.05) is 0 Å². The Balaban J connectivity index is 1.82. The van der Waals surface area contributed by atoms with Crippen LogP contribution in [0.1, 0.15) is 29.6 Å². The maximum atomic E-state index is 11.8. The standard InChI is InChI=1S/C14H15N3O4/c18-13(9-10-3-1-2-4-10)15-16-14(19)11-5-7-12(8-6-11)17(20)21/h1,3,5-8,10H,2,4,9H2,(H,15,18)(H,16,19)/t10-/m0/s1. The number of amides is 2. The second kappa shape index (κ2) is 6.65. The Labute approximate surface area is 121 Å². The molecule has 1 aromatic carbocycles. The lowest BCUT2D eigenvalue weighted by atomic mass is 10.1. The number of allylic oxidation sites excluding steroid dienone is 2. The number of hydrogen-bond acceptors (Lipinski definition) is 4. The van der Waals surface area contributed by atoms with Crippen molar-refractivity contribution in [3.63, 3.8) is 0 Å². The third kappa shape index (κ3) is 4.13. The summed E-state index contributed by atoms with van der Waals surface area (Å²) in [5, 5.41) is 10.5. The summed E-state index contributed by atoms with van der Waals surface area (Å²) < 4.78 is 0. The number of nitro groups is 1. The highest BCUT2D eigenvalue weighted by Gasteiger charge is 2.15. The van der Waals surface area contributed by atoms with Gasteiger partial charge in [0.25, 0.3) is 11.6 Å². The SMILES string of the molecule is O=C(C[C@H]1C=CCC1)NNC(=O)c1ccc([N+](=O)[O-])cc1. The van der Waals surface area contributed by atoms with E-state index >= 15 is 0 Å². The number of benzene rings is 1. The Kier molecular flexibility index (Phi) is 4.65. The molecule has 0 saturated heterocycles. The fraction of sp³-hybridized carbons (Fsp3) is 0.286. The first-order valence-corrected chi connectivity index (χ1v) is 6.56. The Morgan fingerprint density at radius 2 is 1.95 bits per heavy atom. The van der Waals surface area contributed by atoms with Crippen LogP contribution in [-0.4, -0.2) is 16.7 Å². The average Bonchev–Trinajstić information content (AvgIpc) is 2.97. The Morgan fingerprint density at radius 3 is 2.52 bits per heavy atom. The maximum Gasteiger partial charge on any atom is 0.269 e. The predicted molar refractivity (Wildman–Crippen MR) is 75.2 cm³/mol. The number of nitrogens with zero attached hydrogens (tertiary/aromatic N) is 1. The van der Waals surface area contributed by atoms with Crippen LogP contribution in [0.15, 0.2) is 36.4 Å². The van der Waals surface area contributed by atoms with E-state index in [1.165, 1.54) is 24.3 Å². The van der Waals surface area contributed by atoms with Crippen molar-refractivity contribution >= 4 is 17.5 Å². The van der Waals surface area contributed by atoms with Crippen molar-refractivity contribution in [1.29, 1.82) is 0 Å². The van der Waals surface area contributed by atoms with Gasteiger partial charge >= 0.3 is 0 Å². The van der Waals surface area contributed by atoms with E-state index in [-0.39, 0.29) is 23.1 Å². The summed E-state index contributed by atoms with van der Waals surface area (Å²) in [6.07, 6.45) is 6.29. The summed E-state index contributed by atoms with van der Waals surface area (Å²) in [5.41, 5.74) is 4.77. The third-order valence-electron chi connectivity index (χ3n) is 3.22. The fourth-order valence-electron chi connectivity index (χ4n) is 2.09. The van der Waals surface area contributed by atoms with Crippen LogP contribution in [0, 0.1) is 16.0 Å². The minimum absolute atomic E-state index is 0.0939. The number of carbonyl (C=O) groups excluding carboxylic acids is 2. The van der Waals surface area contributed by atoms with Gasteiger partial charge in [0.2, 0.25) is 5.91 Å². The van der Waals surface area contributed by atoms with Crippen molar-refractivity contribution in [1.82, 2.24) is 10.9 Å². The third-order valence-corrected chi connectivity index (χ3v) is 3.22. The number of non-ortho nitro benzene ring substituents is 1. The van der Waals surface area contributed by atoms with Crippen molar-refractivity contribution in [3.8, 4) is 0 Å². The lowest BCUT2D eigenvalue weighted by molar-refractivity contribution is -0.384. The molecule has 1 aliphatic rings. The van der Waals surface area contributed by atoms with E-state index in [9.17, 15) is 19.7 Å². The molecule has 1 aromatic rings. The molecule has 1 atom stereocenters. The minimum Gasteiger partial charge on any atom is -0.273 e. The molecule has 0 aliphatic heterocycles. The van der Waals surface area contributed by atoms with Crippen molar-refractivity contribution < 1.29 is 14.5 Å². The van der Waals surface area contributed by atoms with Gasteiger partial charge in [-0.2, -0.15) is 0 Å². The Morgan fingerprint density at radius 1 is 1.24 bits per heavy atom. The predicted octanol–water partition coefficient (Wildman–Crippen LogP) is 1.71. The highest BCUT2D eigenvalue weighted by Crippen LogP contribution is 2.19. The molecule has 110 valence electrons. The second-order valence-electron chi connectivity index (χ2n) is 4.78. The first-order chi connectivity index (χ1) is 10.1. The van der Waals surface area contributed by atoms with E-state index in [0.717, 1.165) is 12.8 Å². The monoisotopic (exact) mass is 289 g/mol. The lowest BCUT2D eigenvalue weighted by Crippen LogP contribution is -2.42. The van der Waals surface area contributed by atoms with Gasteiger partial charge in [-0.15, -0.1) is 0 Å². The first kappa shape index (κ1) is 14.7. The first-order valence-electron chi connectivity index (χ1n) is 6.56. The Bertz CT molecular complexity index is 580. The van der Waals surface area contributed by atoms with Crippen molar-refractivity contribution in [2.24, 2.45) is 5.92 Å². The van der Waals surface area contributed by atoms with E-state index in [1.54, 1.807) is 0 Å². The number of rotatable bonds is 4. The lowest BCUT2D eigenvalue weighted by Gasteiger charge is -2.09. The van der Waals surface area contributed by atoms with Gasteiger partial charge in [-0.25, -0.2) is 0 Å². The molecule has 0 radical (unpaired) electrons. The summed E-state index contributed by atoms with van der Waals surface area (Å²) in [4.78, 5) is 33.3. The second-order valence-corrected chi connectivity index (χ2v) is 4.78. The van der Waals surface area contributed by atoms with Crippen LogP contribution < -0.4 is 10.9 Å². The zero-order chi connectivity index (χ0) is 15.2. The molecule has 2 rings (SSSR count). The average molecular weight is 289 g/mol. The zero-order valence-electron chi connectivity index (χ0n) is 11.2. The van der Waals surface area contributed by atoms with Gasteiger partial charge in [-0.3, -0.25) is 30.6 Å². The van der Waals surface area contributed by atoms with Crippen LogP contribution in [-0.2, 0) is 4.79 Å². The molecule has 2 N–H and O–H groups in total. The highest BCUT2D eigenvalue weighted by atomic mass is 16.6. The topological polar surface area (TPSA) is 101 Å². The summed E-state index contributed by atoms with van der Waals surface area (Å²) in [7, 11) is 0. The molecule has 0 spiro atoms. The summed E-state index contributed by atoms with van der Waals surface area (Å²) in [6.45, 7) is 0. The van der Waals surface area contributed by atoms with E-state index in [0.29, 0.717) is 6.42 Å². The molecule has 0 unspecified atom stereocenters. The molecule has 0 heterocycles. The van der Waals surface area contributed by atoms with Crippen molar-refractivity contribution in [2.45, 2.75) is 19.3 Å². The number of hydrogen-bond donors (Lipinski definition) is 2. The summed E-state index contributed by atoms with van der Waals surface area (Å²) >= 11 is 0. The van der Waals surface area contributed by atoms with Gasteiger partial charge in [0, 0.05) is 24.1 Å². The molecule has 21 heavy (non-hydrogen) atoms. The number of nitro benzene ring substituents is 1. The fourth-order valence-corrected chi connectivity index (χ4v) is 2.09. The van der Waals surface area contributed by atoms with Gasteiger partial charge in [-0.1, -0.05) is 12.2 Å². The van der Waals surface area contributed by atoms with Crippen LogP contribution in [0.4, 0.5) is 5.69 Å². The quantitative estimate of drug-likeness (QED) is 0.500.